The van der Waals surface area contributed by atoms with Gasteiger partial charge in [0.25, 0.3) is 0 Å². The normalized spacial score (nSPS) is 16.6. The Bertz CT molecular complexity index is 594. The molecule has 3 rings (SSSR count). The zero-order valence-electron chi connectivity index (χ0n) is 13.0. The number of halogens is 1. The molecule has 1 fully saturated rings. The highest BCUT2D eigenvalue weighted by Crippen LogP contribution is 2.23. The van der Waals surface area contributed by atoms with Gasteiger partial charge in [-0.05, 0) is 36.6 Å². The van der Waals surface area contributed by atoms with Crippen molar-refractivity contribution >= 4 is 17.4 Å². The van der Waals surface area contributed by atoms with Gasteiger partial charge < -0.3 is 4.90 Å². The molecule has 2 aromatic rings. The molecular weight excluding hydrogens is 294 g/mol. The van der Waals surface area contributed by atoms with Crippen molar-refractivity contribution in [3.63, 3.8) is 0 Å². The van der Waals surface area contributed by atoms with Gasteiger partial charge in [0.15, 0.2) is 0 Å². The maximum Gasteiger partial charge on any atom is 0.128 e. The molecule has 4 heteroatoms. The Morgan fingerprint density at radius 2 is 1.86 bits per heavy atom. The summed E-state index contributed by atoms with van der Waals surface area (Å²) in [7, 11) is 2.15. The van der Waals surface area contributed by atoms with Crippen molar-refractivity contribution < 1.29 is 0 Å². The molecule has 1 aliphatic heterocycles. The Kier molecular flexibility index (Phi) is 4.96. The minimum Gasteiger partial charge on any atom is -0.357 e. The lowest BCUT2D eigenvalue weighted by atomic mass is 10.0. The molecule has 1 saturated heterocycles. The van der Waals surface area contributed by atoms with Crippen LogP contribution in [0.15, 0.2) is 48.7 Å². The van der Waals surface area contributed by atoms with Crippen LogP contribution in [-0.2, 0) is 6.54 Å². The Morgan fingerprint density at radius 3 is 2.55 bits per heavy atom. The first kappa shape index (κ1) is 15.3. The van der Waals surface area contributed by atoms with Crippen LogP contribution in [0.5, 0.6) is 0 Å². The molecule has 116 valence electrons. The van der Waals surface area contributed by atoms with Crippen LogP contribution in [0, 0.1) is 0 Å². The summed E-state index contributed by atoms with van der Waals surface area (Å²) in [6.45, 7) is 3.15. The molecule has 0 spiro atoms. The second-order valence-corrected chi connectivity index (χ2v) is 6.30. The third-order valence-corrected chi connectivity index (χ3v) is 4.84. The molecule has 1 aliphatic rings. The quantitative estimate of drug-likeness (QED) is 0.854. The number of piperidine rings is 1. The number of hydrogen-bond acceptors (Lipinski definition) is 3. The van der Waals surface area contributed by atoms with Crippen LogP contribution in [0.2, 0.25) is 5.02 Å². The van der Waals surface area contributed by atoms with Crippen LogP contribution in [0.4, 0.5) is 5.82 Å². The maximum absolute atomic E-state index is 6.26. The molecule has 0 bridgehead atoms. The fraction of sp³-hybridized carbons (Fsp3) is 0.389. The summed E-state index contributed by atoms with van der Waals surface area (Å²) in [5, 5.41) is 0.871. The highest BCUT2D eigenvalue weighted by Gasteiger charge is 2.23. The largest absolute Gasteiger partial charge is 0.357 e. The highest BCUT2D eigenvalue weighted by molar-refractivity contribution is 6.31. The smallest absolute Gasteiger partial charge is 0.128 e. The van der Waals surface area contributed by atoms with Crippen molar-refractivity contribution in [1.82, 2.24) is 9.88 Å². The molecule has 0 aliphatic carbocycles. The molecule has 1 aromatic carbocycles. The molecule has 0 radical (unpaired) electrons. The van der Waals surface area contributed by atoms with Crippen molar-refractivity contribution in [2.24, 2.45) is 0 Å². The molecule has 0 atom stereocenters. The molecule has 3 nitrogen and oxygen atoms in total. The van der Waals surface area contributed by atoms with Gasteiger partial charge >= 0.3 is 0 Å². The number of benzene rings is 1. The monoisotopic (exact) mass is 315 g/mol. The number of nitrogens with zero attached hydrogens (tertiary/aromatic N) is 3. The van der Waals surface area contributed by atoms with Gasteiger partial charge in [-0.3, -0.25) is 4.90 Å². The molecular formula is C18H22ClN3. The Hall–Kier alpha value is -1.58. The average molecular weight is 316 g/mol. The molecule has 1 aromatic heterocycles. The van der Waals surface area contributed by atoms with E-state index in [1.165, 1.54) is 5.56 Å². The molecule has 22 heavy (non-hydrogen) atoms. The van der Waals surface area contributed by atoms with Gasteiger partial charge in [0.05, 0.1) is 0 Å². The zero-order chi connectivity index (χ0) is 15.4. The number of hydrogen-bond donors (Lipinski definition) is 0. The van der Waals surface area contributed by atoms with Gasteiger partial charge in [-0.2, -0.15) is 0 Å². The Balaban J connectivity index is 1.55. The van der Waals surface area contributed by atoms with Crippen LogP contribution in [0.1, 0.15) is 18.4 Å². The van der Waals surface area contributed by atoms with Gasteiger partial charge in [-0.15, -0.1) is 0 Å². The van der Waals surface area contributed by atoms with E-state index < -0.39 is 0 Å². The van der Waals surface area contributed by atoms with Crippen molar-refractivity contribution in [3.05, 3.63) is 59.2 Å². The summed E-state index contributed by atoms with van der Waals surface area (Å²) in [5.41, 5.74) is 1.22. The average Bonchev–Trinajstić information content (AvgIpc) is 2.58. The Labute approximate surface area is 137 Å². The number of anilines is 1. The van der Waals surface area contributed by atoms with E-state index in [0.29, 0.717) is 6.04 Å². The maximum atomic E-state index is 6.26. The summed E-state index contributed by atoms with van der Waals surface area (Å²) in [6, 6.07) is 14.8. The minimum atomic E-state index is 0.567. The fourth-order valence-corrected chi connectivity index (χ4v) is 3.28. The van der Waals surface area contributed by atoms with Gasteiger partial charge in [-0.25, -0.2) is 4.98 Å². The summed E-state index contributed by atoms with van der Waals surface area (Å²) in [4.78, 5) is 9.25. The van der Waals surface area contributed by atoms with Gasteiger partial charge in [0.2, 0.25) is 0 Å². The molecule has 0 amide bonds. The molecule has 2 heterocycles. The lowest BCUT2D eigenvalue weighted by molar-refractivity contribution is 0.203. The molecule has 0 N–H and O–H groups in total. The third kappa shape index (κ3) is 3.60. The van der Waals surface area contributed by atoms with Crippen molar-refractivity contribution in [1.29, 1.82) is 0 Å². The SMILES string of the molecule is CN(c1ccccn1)C1CCN(Cc2ccccc2Cl)CC1. The van der Waals surface area contributed by atoms with Crippen LogP contribution in [0.25, 0.3) is 0 Å². The van der Waals surface area contributed by atoms with E-state index >= 15 is 0 Å². The van der Waals surface area contributed by atoms with Crippen LogP contribution >= 0.6 is 11.6 Å². The summed E-state index contributed by atoms with van der Waals surface area (Å²) in [6.07, 6.45) is 4.19. The van der Waals surface area contributed by atoms with E-state index in [0.717, 1.165) is 43.3 Å². The van der Waals surface area contributed by atoms with Crippen LogP contribution in [-0.4, -0.2) is 36.1 Å². The minimum absolute atomic E-state index is 0.567. The van der Waals surface area contributed by atoms with Crippen LogP contribution < -0.4 is 4.90 Å². The van der Waals surface area contributed by atoms with Crippen molar-refractivity contribution in [2.75, 3.05) is 25.0 Å². The van der Waals surface area contributed by atoms with E-state index in [4.69, 9.17) is 11.6 Å². The first-order valence-corrected chi connectivity index (χ1v) is 8.21. The van der Waals surface area contributed by atoms with Crippen molar-refractivity contribution in [2.45, 2.75) is 25.4 Å². The number of aromatic nitrogens is 1. The van der Waals surface area contributed by atoms with E-state index in [9.17, 15) is 0 Å². The summed E-state index contributed by atoms with van der Waals surface area (Å²) >= 11 is 6.26. The third-order valence-electron chi connectivity index (χ3n) is 4.47. The van der Waals surface area contributed by atoms with Gasteiger partial charge in [-0.1, -0.05) is 35.9 Å². The number of likely N-dealkylation sites (tertiary alicyclic amines) is 1. The first-order valence-electron chi connectivity index (χ1n) is 7.83. The molecule has 0 saturated carbocycles. The standard InChI is InChI=1S/C18H22ClN3/c1-21(18-8-4-5-11-20-18)16-9-12-22(13-10-16)14-15-6-2-3-7-17(15)19/h2-8,11,16H,9-10,12-14H2,1H3. The zero-order valence-corrected chi connectivity index (χ0v) is 13.7. The number of pyridine rings is 1. The van der Waals surface area contributed by atoms with Crippen molar-refractivity contribution in [3.8, 4) is 0 Å². The highest BCUT2D eigenvalue weighted by atomic mass is 35.5. The van der Waals surface area contributed by atoms with E-state index in [1.807, 2.05) is 30.5 Å². The van der Waals surface area contributed by atoms with E-state index in [2.05, 4.69) is 40.0 Å². The van der Waals surface area contributed by atoms with E-state index in [-0.39, 0.29) is 0 Å². The predicted octanol–water partition coefficient (Wildman–Crippen LogP) is 3.84. The van der Waals surface area contributed by atoms with Gasteiger partial charge in [0.1, 0.15) is 5.82 Å². The Morgan fingerprint density at radius 1 is 1.14 bits per heavy atom. The molecule has 0 unspecified atom stereocenters. The number of rotatable bonds is 4. The summed E-state index contributed by atoms with van der Waals surface area (Å²) in [5.74, 6) is 1.06. The van der Waals surface area contributed by atoms with Gasteiger partial charge in [0, 0.05) is 43.9 Å². The topological polar surface area (TPSA) is 19.4 Å². The van der Waals surface area contributed by atoms with E-state index in [1.54, 1.807) is 0 Å². The lowest BCUT2D eigenvalue weighted by Crippen LogP contribution is -2.43. The lowest BCUT2D eigenvalue weighted by Gasteiger charge is -2.37. The van der Waals surface area contributed by atoms with Crippen LogP contribution in [0.3, 0.4) is 0 Å². The first-order chi connectivity index (χ1) is 10.7. The second kappa shape index (κ2) is 7.12. The second-order valence-electron chi connectivity index (χ2n) is 5.90. The summed E-state index contributed by atoms with van der Waals surface area (Å²) < 4.78 is 0. The fourth-order valence-electron chi connectivity index (χ4n) is 3.08. The predicted molar refractivity (Wildman–Crippen MR) is 92.4 cm³/mol.